The maximum Gasteiger partial charge on any atom is 0.294 e. The average Bonchev–Trinajstić information content (AvgIpc) is 3.52. The summed E-state index contributed by atoms with van der Waals surface area (Å²) < 4.78 is 1.91. The van der Waals surface area contributed by atoms with E-state index in [2.05, 4.69) is 15.2 Å². The summed E-state index contributed by atoms with van der Waals surface area (Å²) in [5.74, 6) is 1.12. The summed E-state index contributed by atoms with van der Waals surface area (Å²) in [7, 11) is 0. The number of amides is 1. The van der Waals surface area contributed by atoms with Crippen LogP contribution in [-0.4, -0.2) is 25.5 Å². The number of hydrogen-bond donors (Lipinski definition) is 1. The molecule has 1 amide bonds. The Labute approximate surface area is 181 Å². The highest BCUT2D eigenvalue weighted by atomic mass is 35.5. The zero-order valence-electron chi connectivity index (χ0n) is 16.6. The normalized spacial score (nSPS) is 20.1. The fourth-order valence-electron chi connectivity index (χ4n) is 5.71. The summed E-state index contributed by atoms with van der Waals surface area (Å²) in [5.41, 5.74) is 5.14. The Morgan fingerprint density at radius 3 is 2.74 bits per heavy atom. The van der Waals surface area contributed by atoms with Crippen LogP contribution in [0.15, 0.2) is 35.1 Å². The van der Waals surface area contributed by atoms with Gasteiger partial charge in [-0.2, -0.15) is 0 Å². The number of nitrogens with one attached hydrogen (secondary N) is 1. The monoisotopic (exact) mass is 431 g/mol. The minimum Gasteiger partial charge on any atom is -0.317 e. The Kier molecular flexibility index (Phi) is 3.35. The number of anilines is 1. The second kappa shape index (κ2) is 5.95. The molecule has 4 heterocycles. The van der Waals surface area contributed by atoms with Crippen LogP contribution in [0, 0.1) is 0 Å². The van der Waals surface area contributed by atoms with Gasteiger partial charge in [-0.15, -0.1) is 10.2 Å². The minimum absolute atomic E-state index is 0.0382. The molecule has 1 saturated carbocycles. The molecule has 154 valence electrons. The molecule has 1 fully saturated rings. The number of hydrogen-bond acceptors (Lipinski definition) is 4. The molecule has 0 radical (unpaired) electrons. The molecule has 0 bridgehead atoms. The minimum atomic E-state index is -0.282. The zero-order valence-corrected chi connectivity index (χ0v) is 17.3. The highest BCUT2D eigenvalue weighted by Gasteiger charge is 2.43. The van der Waals surface area contributed by atoms with Crippen LogP contribution < -0.4 is 10.5 Å². The highest BCUT2D eigenvalue weighted by Crippen LogP contribution is 2.48. The quantitative estimate of drug-likeness (QED) is 0.491. The van der Waals surface area contributed by atoms with Crippen LogP contribution in [0.1, 0.15) is 65.0 Å². The third kappa shape index (κ3) is 2.24. The highest BCUT2D eigenvalue weighted by molar-refractivity contribution is 6.30. The predicted molar refractivity (Wildman–Crippen MR) is 117 cm³/mol. The van der Waals surface area contributed by atoms with Gasteiger partial charge in [-0.1, -0.05) is 24.4 Å². The fraction of sp³-hybridized carbons (Fsp3) is 0.304. The molecule has 7 nitrogen and oxygen atoms in total. The SMILES string of the molecule is O=C1c2cc3[nH]c(=O)c4nnc(C5CCCC5)n4c3cc2C2Cc3cc(Cl)ccc3N12. The van der Waals surface area contributed by atoms with Gasteiger partial charge in [0.15, 0.2) is 0 Å². The maximum absolute atomic E-state index is 13.3. The number of aromatic nitrogens is 4. The molecule has 1 aliphatic carbocycles. The molecule has 4 aromatic rings. The molecule has 3 aliphatic rings. The number of fused-ring (bicyclic) bond motifs is 8. The van der Waals surface area contributed by atoms with Crippen molar-refractivity contribution in [1.29, 1.82) is 0 Å². The van der Waals surface area contributed by atoms with Crippen molar-refractivity contribution >= 4 is 39.9 Å². The van der Waals surface area contributed by atoms with Gasteiger partial charge in [0, 0.05) is 22.2 Å². The number of halogens is 1. The predicted octanol–water partition coefficient (Wildman–Crippen LogP) is 4.14. The van der Waals surface area contributed by atoms with Crippen molar-refractivity contribution in [2.45, 2.75) is 44.1 Å². The lowest BCUT2D eigenvalue weighted by Gasteiger charge is -2.17. The van der Waals surface area contributed by atoms with Gasteiger partial charge in [0.2, 0.25) is 5.65 Å². The second-order valence-corrected chi connectivity index (χ2v) is 9.21. The Balaban J connectivity index is 1.48. The van der Waals surface area contributed by atoms with Gasteiger partial charge in [-0.25, -0.2) is 0 Å². The van der Waals surface area contributed by atoms with Crippen LogP contribution in [0.3, 0.4) is 0 Å². The van der Waals surface area contributed by atoms with E-state index < -0.39 is 0 Å². The van der Waals surface area contributed by atoms with E-state index in [1.54, 1.807) is 0 Å². The summed E-state index contributed by atoms with van der Waals surface area (Å²) in [5, 5.41) is 9.29. The molecule has 2 aromatic carbocycles. The van der Waals surface area contributed by atoms with Gasteiger partial charge in [-0.05, 0) is 60.7 Å². The second-order valence-electron chi connectivity index (χ2n) is 8.78. The van der Waals surface area contributed by atoms with Crippen LogP contribution in [0.4, 0.5) is 5.69 Å². The number of carbonyl (C=O) groups is 1. The Bertz CT molecular complexity index is 1500. The maximum atomic E-state index is 13.3. The zero-order chi connectivity index (χ0) is 20.9. The van der Waals surface area contributed by atoms with Crippen molar-refractivity contribution in [1.82, 2.24) is 19.6 Å². The van der Waals surface area contributed by atoms with E-state index in [4.69, 9.17) is 11.6 Å². The van der Waals surface area contributed by atoms with Crippen LogP contribution in [0.25, 0.3) is 16.7 Å². The number of carbonyl (C=O) groups excluding carboxylic acids is 1. The van der Waals surface area contributed by atoms with Crippen molar-refractivity contribution in [3.05, 3.63) is 68.2 Å². The lowest BCUT2D eigenvalue weighted by Crippen LogP contribution is -2.23. The van der Waals surface area contributed by atoms with Crippen LogP contribution in [0.2, 0.25) is 5.02 Å². The van der Waals surface area contributed by atoms with Gasteiger partial charge in [-0.3, -0.25) is 14.0 Å². The summed E-state index contributed by atoms with van der Waals surface area (Å²) in [6.07, 6.45) is 5.19. The van der Waals surface area contributed by atoms with E-state index in [1.807, 2.05) is 39.6 Å². The third-order valence-electron chi connectivity index (χ3n) is 7.10. The number of benzene rings is 2. The van der Waals surface area contributed by atoms with E-state index in [9.17, 15) is 9.59 Å². The number of H-pyrrole nitrogens is 1. The molecule has 0 saturated heterocycles. The fourth-order valence-corrected chi connectivity index (χ4v) is 5.90. The van der Waals surface area contributed by atoms with Gasteiger partial charge >= 0.3 is 0 Å². The standard InChI is InChI=1S/C23H18ClN5O2/c24-13-5-6-17-12(7-13)8-18-14-10-19-16(9-15(14)23(31)28(17)18)25-22(30)21-27-26-20(29(19)21)11-3-1-2-4-11/h5-7,9-11,18H,1-4,8H2,(H,25,30). The summed E-state index contributed by atoms with van der Waals surface area (Å²) in [6.45, 7) is 0. The molecule has 0 spiro atoms. The van der Waals surface area contributed by atoms with Crippen molar-refractivity contribution in [3.8, 4) is 0 Å². The summed E-state index contributed by atoms with van der Waals surface area (Å²) >= 11 is 6.19. The van der Waals surface area contributed by atoms with Crippen molar-refractivity contribution < 1.29 is 4.79 Å². The Hall–Kier alpha value is -3.19. The van der Waals surface area contributed by atoms with E-state index >= 15 is 0 Å². The molecule has 8 heteroatoms. The van der Waals surface area contributed by atoms with Crippen LogP contribution in [0.5, 0.6) is 0 Å². The van der Waals surface area contributed by atoms with Gasteiger partial charge in [0.1, 0.15) is 5.82 Å². The van der Waals surface area contributed by atoms with E-state index in [1.165, 1.54) is 12.8 Å². The molecule has 7 rings (SSSR count). The molecular weight excluding hydrogens is 414 g/mol. The van der Waals surface area contributed by atoms with Crippen LogP contribution >= 0.6 is 11.6 Å². The van der Waals surface area contributed by atoms with Gasteiger partial charge in [0.25, 0.3) is 11.5 Å². The van der Waals surface area contributed by atoms with Gasteiger partial charge < -0.3 is 9.88 Å². The smallest absolute Gasteiger partial charge is 0.294 e. The van der Waals surface area contributed by atoms with E-state index in [-0.39, 0.29) is 17.5 Å². The molecule has 1 N–H and O–H groups in total. The summed E-state index contributed by atoms with van der Waals surface area (Å²) in [6, 6.07) is 9.48. The average molecular weight is 432 g/mol. The summed E-state index contributed by atoms with van der Waals surface area (Å²) in [4.78, 5) is 30.8. The first-order valence-corrected chi connectivity index (χ1v) is 11.0. The molecule has 31 heavy (non-hydrogen) atoms. The Morgan fingerprint density at radius 2 is 1.90 bits per heavy atom. The molecule has 2 aromatic heterocycles. The first-order chi connectivity index (χ1) is 15.1. The van der Waals surface area contributed by atoms with Gasteiger partial charge in [0.05, 0.1) is 17.1 Å². The third-order valence-corrected chi connectivity index (χ3v) is 7.34. The molecule has 2 aliphatic heterocycles. The van der Waals surface area contributed by atoms with E-state index in [0.29, 0.717) is 27.7 Å². The lowest BCUT2D eigenvalue weighted by atomic mass is 9.99. The molecular formula is C23H18ClN5O2. The first-order valence-electron chi connectivity index (χ1n) is 10.7. The largest absolute Gasteiger partial charge is 0.317 e. The van der Waals surface area contributed by atoms with E-state index in [0.717, 1.165) is 47.4 Å². The first kappa shape index (κ1) is 17.5. The number of rotatable bonds is 1. The van der Waals surface area contributed by atoms with Crippen molar-refractivity contribution in [3.63, 3.8) is 0 Å². The number of aromatic amines is 1. The van der Waals surface area contributed by atoms with Crippen molar-refractivity contribution in [2.24, 2.45) is 0 Å². The Morgan fingerprint density at radius 1 is 1.06 bits per heavy atom. The molecule has 1 atom stereocenters. The molecule has 1 unspecified atom stereocenters. The lowest BCUT2D eigenvalue weighted by molar-refractivity contribution is 0.0993. The topological polar surface area (TPSA) is 83.4 Å². The van der Waals surface area contributed by atoms with Crippen molar-refractivity contribution in [2.75, 3.05) is 4.90 Å². The van der Waals surface area contributed by atoms with Crippen LogP contribution in [-0.2, 0) is 6.42 Å². The number of nitrogens with zero attached hydrogens (tertiary/aromatic N) is 4.